The van der Waals surface area contributed by atoms with Gasteiger partial charge in [-0.05, 0) is 30.4 Å². The van der Waals surface area contributed by atoms with E-state index in [4.69, 9.17) is 0 Å². The van der Waals surface area contributed by atoms with E-state index < -0.39 is 16.1 Å². The zero-order valence-electron chi connectivity index (χ0n) is 12.7. The molecule has 0 spiro atoms. The zero-order valence-corrected chi connectivity index (χ0v) is 13.5. The third-order valence-electron chi connectivity index (χ3n) is 3.99. The highest BCUT2D eigenvalue weighted by Gasteiger charge is 2.45. The van der Waals surface area contributed by atoms with Crippen LogP contribution in [0.25, 0.3) is 0 Å². The second kappa shape index (κ2) is 6.15. The summed E-state index contributed by atoms with van der Waals surface area (Å²) in [5, 5.41) is 0. The second-order valence-corrected chi connectivity index (χ2v) is 7.03. The molecule has 6 heteroatoms. The molecule has 116 valence electrons. The smallest absolute Gasteiger partial charge is 0.274 e. The van der Waals surface area contributed by atoms with Gasteiger partial charge in [-0.25, -0.2) is 4.72 Å². The summed E-state index contributed by atoms with van der Waals surface area (Å²) in [5.74, 6) is -0.496. The molecule has 21 heavy (non-hydrogen) atoms. The van der Waals surface area contributed by atoms with Crippen molar-refractivity contribution in [1.82, 2.24) is 9.03 Å². The highest BCUT2D eigenvalue weighted by Crippen LogP contribution is 2.48. The van der Waals surface area contributed by atoms with Crippen molar-refractivity contribution in [2.24, 2.45) is 5.92 Å². The molecule has 5 nitrogen and oxygen atoms in total. The van der Waals surface area contributed by atoms with Gasteiger partial charge in [-0.2, -0.15) is 12.7 Å². The van der Waals surface area contributed by atoms with Crippen molar-refractivity contribution >= 4 is 16.1 Å². The molecule has 0 saturated heterocycles. The van der Waals surface area contributed by atoms with Crippen LogP contribution in [0.3, 0.4) is 0 Å². The van der Waals surface area contributed by atoms with Crippen molar-refractivity contribution in [2.75, 3.05) is 13.1 Å². The predicted octanol–water partition coefficient (Wildman–Crippen LogP) is 1.80. The topological polar surface area (TPSA) is 66.5 Å². The van der Waals surface area contributed by atoms with E-state index in [-0.39, 0.29) is 11.8 Å². The molecule has 0 aromatic heterocycles. The molecule has 1 N–H and O–H groups in total. The molecular weight excluding hydrogens is 288 g/mol. The van der Waals surface area contributed by atoms with E-state index >= 15 is 0 Å². The number of carbonyl (C=O) groups is 1. The van der Waals surface area contributed by atoms with Crippen LogP contribution in [0.2, 0.25) is 0 Å². The summed E-state index contributed by atoms with van der Waals surface area (Å²) in [7, 11) is -3.71. The van der Waals surface area contributed by atoms with Gasteiger partial charge in [0, 0.05) is 19.0 Å². The number of carbonyl (C=O) groups excluding carboxylic acids is 1. The predicted molar refractivity (Wildman–Crippen MR) is 82.0 cm³/mol. The molecule has 0 radical (unpaired) electrons. The van der Waals surface area contributed by atoms with Crippen molar-refractivity contribution in [3.63, 3.8) is 0 Å². The molecule has 1 amide bonds. The third kappa shape index (κ3) is 3.44. The summed E-state index contributed by atoms with van der Waals surface area (Å²) in [5.41, 5.74) is 2.28. The lowest BCUT2D eigenvalue weighted by atomic mass is 10.0. The molecule has 1 aliphatic carbocycles. The Labute approximate surface area is 126 Å². The fourth-order valence-corrected chi connectivity index (χ4v) is 3.88. The zero-order chi connectivity index (χ0) is 15.6. The van der Waals surface area contributed by atoms with Crippen LogP contribution in [0.15, 0.2) is 24.3 Å². The maximum Gasteiger partial charge on any atom is 0.303 e. The molecule has 2 atom stereocenters. The van der Waals surface area contributed by atoms with Gasteiger partial charge in [0.2, 0.25) is 5.91 Å². The minimum absolute atomic E-state index is 0.137. The van der Waals surface area contributed by atoms with Gasteiger partial charge in [-0.3, -0.25) is 4.79 Å². The first-order valence-corrected chi connectivity index (χ1v) is 8.72. The minimum atomic E-state index is -3.71. The van der Waals surface area contributed by atoms with Crippen molar-refractivity contribution < 1.29 is 13.2 Å². The summed E-state index contributed by atoms with van der Waals surface area (Å²) in [6.45, 7) is 6.21. The van der Waals surface area contributed by atoms with Gasteiger partial charge in [0.25, 0.3) is 0 Å². The van der Waals surface area contributed by atoms with E-state index in [0.29, 0.717) is 19.5 Å². The van der Waals surface area contributed by atoms with Gasteiger partial charge in [-0.1, -0.05) is 38.1 Å². The van der Waals surface area contributed by atoms with Gasteiger partial charge < -0.3 is 0 Å². The maximum atomic E-state index is 12.1. The van der Waals surface area contributed by atoms with Crippen LogP contribution in [0.4, 0.5) is 0 Å². The summed E-state index contributed by atoms with van der Waals surface area (Å²) < 4.78 is 27.5. The van der Waals surface area contributed by atoms with Gasteiger partial charge in [-0.15, -0.1) is 0 Å². The monoisotopic (exact) mass is 310 g/mol. The third-order valence-corrected chi connectivity index (χ3v) is 5.65. The second-order valence-electron chi connectivity index (χ2n) is 5.36. The highest BCUT2D eigenvalue weighted by atomic mass is 32.2. The lowest BCUT2D eigenvalue weighted by Gasteiger charge is -2.18. The molecule has 0 aliphatic heterocycles. The molecule has 1 aromatic carbocycles. The van der Waals surface area contributed by atoms with E-state index in [0.717, 1.165) is 11.1 Å². The summed E-state index contributed by atoms with van der Waals surface area (Å²) in [6.07, 6.45) is 0.713. The van der Waals surface area contributed by atoms with Crippen LogP contribution in [-0.4, -0.2) is 31.7 Å². The Bertz CT molecular complexity index is 624. The van der Waals surface area contributed by atoms with Crippen LogP contribution in [0.5, 0.6) is 0 Å². The first-order chi connectivity index (χ1) is 9.90. The standard InChI is InChI=1S/C15H22N2O3S/c1-4-17(5-2)21(19,20)16-15(18)14-10-13(14)12-9-7-6-8-11(12)3/h6-9,13-14H,4-5,10H2,1-3H3,(H,16,18)/t13-,14-/m0/s1. The van der Waals surface area contributed by atoms with Gasteiger partial charge >= 0.3 is 10.2 Å². The van der Waals surface area contributed by atoms with Crippen molar-refractivity contribution in [2.45, 2.75) is 33.1 Å². The van der Waals surface area contributed by atoms with E-state index in [1.54, 1.807) is 13.8 Å². The normalized spacial score (nSPS) is 21.3. The molecular formula is C15H22N2O3S. The largest absolute Gasteiger partial charge is 0.303 e. The number of aryl methyl sites for hydroxylation is 1. The quantitative estimate of drug-likeness (QED) is 0.871. The van der Waals surface area contributed by atoms with Crippen molar-refractivity contribution in [3.05, 3.63) is 35.4 Å². The fourth-order valence-electron chi connectivity index (χ4n) is 2.66. The first kappa shape index (κ1) is 16.0. The van der Waals surface area contributed by atoms with Crippen molar-refractivity contribution in [3.8, 4) is 0 Å². The number of hydrogen-bond donors (Lipinski definition) is 1. The average Bonchev–Trinajstić information content (AvgIpc) is 3.20. The Morgan fingerprint density at radius 2 is 1.90 bits per heavy atom. The Hall–Kier alpha value is -1.40. The number of nitrogens with one attached hydrogen (secondary N) is 1. The van der Waals surface area contributed by atoms with E-state index in [1.807, 2.05) is 31.2 Å². The number of benzene rings is 1. The lowest BCUT2D eigenvalue weighted by molar-refractivity contribution is -0.120. The van der Waals surface area contributed by atoms with Crippen LogP contribution < -0.4 is 4.72 Å². The molecule has 0 unspecified atom stereocenters. The van der Waals surface area contributed by atoms with Gasteiger partial charge in [0.05, 0.1) is 0 Å². The Balaban J connectivity index is 2.03. The van der Waals surface area contributed by atoms with Gasteiger partial charge in [0.15, 0.2) is 0 Å². The molecule has 0 heterocycles. The average molecular weight is 310 g/mol. The molecule has 1 saturated carbocycles. The SMILES string of the molecule is CCN(CC)S(=O)(=O)NC(=O)[C@H]1C[C@H]1c1ccccc1C. The molecule has 1 fully saturated rings. The van der Waals surface area contributed by atoms with Crippen LogP contribution >= 0.6 is 0 Å². The van der Waals surface area contributed by atoms with Gasteiger partial charge in [0.1, 0.15) is 0 Å². The Kier molecular flexibility index (Phi) is 4.68. The van der Waals surface area contributed by atoms with E-state index in [9.17, 15) is 13.2 Å². The Morgan fingerprint density at radius 3 is 2.48 bits per heavy atom. The van der Waals surface area contributed by atoms with E-state index in [2.05, 4.69) is 4.72 Å². The fraction of sp³-hybridized carbons (Fsp3) is 0.533. The highest BCUT2D eigenvalue weighted by molar-refractivity contribution is 7.87. The Morgan fingerprint density at radius 1 is 1.29 bits per heavy atom. The summed E-state index contributed by atoms with van der Waals surface area (Å²) >= 11 is 0. The maximum absolute atomic E-state index is 12.1. The molecule has 0 bridgehead atoms. The number of nitrogens with zero attached hydrogens (tertiary/aromatic N) is 1. The van der Waals surface area contributed by atoms with Crippen LogP contribution in [0, 0.1) is 12.8 Å². The molecule has 1 aliphatic rings. The number of hydrogen-bond acceptors (Lipinski definition) is 3. The summed E-state index contributed by atoms with van der Waals surface area (Å²) in [4.78, 5) is 12.1. The number of rotatable bonds is 6. The lowest BCUT2D eigenvalue weighted by Crippen LogP contribution is -2.44. The molecule has 1 aromatic rings. The summed E-state index contributed by atoms with van der Waals surface area (Å²) in [6, 6.07) is 7.92. The minimum Gasteiger partial charge on any atom is -0.274 e. The number of amides is 1. The first-order valence-electron chi connectivity index (χ1n) is 7.28. The van der Waals surface area contributed by atoms with Crippen molar-refractivity contribution in [1.29, 1.82) is 0 Å². The molecule has 2 rings (SSSR count). The van der Waals surface area contributed by atoms with Crippen LogP contribution in [0.1, 0.15) is 37.3 Å². The van der Waals surface area contributed by atoms with E-state index in [1.165, 1.54) is 4.31 Å². The van der Waals surface area contributed by atoms with Crippen LogP contribution in [-0.2, 0) is 15.0 Å².